The summed E-state index contributed by atoms with van der Waals surface area (Å²) in [5.41, 5.74) is 6.56. The van der Waals surface area contributed by atoms with Crippen LogP contribution in [0, 0.1) is 0 Å². The number of rotatable bonds is 1. The first-order chi connectivity index (χ1) is 9.08. The van der Waals surface area contributed by atoms with Gasteiger partial charge in [-0.05, 0) is 42.1 Å². The molecule has 2 aromatic carbocycles. The predicted molar refractivity (Wildman–Crippen MR) is 78.3 cm³/mol. The molecule has 1 heterocycles. The minimum absolute atomic E-state index is 0.0630. The third-order valence-corrected chi connectivity index (χ3v) is 4.15. The minimum Gasteiger partial charge on any atom is -0.508 e. The van der Waals surface area contributed by atoms with E-state index in [4.69, 9.17) is 5.73 Å². The Bertz CT molecular complexity index is 672. The smallest absolute Gasteiger partial charge is 0.243 e. The number of benzene rings is 2. The summed E-state index contributed by atoms with van der Waals surface area (Å²) >= 11 is 3.48. The number of nitrogens with two attached hydrogens (primary N) is 1. The molecule has 0 unspecified atom stereocenters. The zero-order valence-electron chi connectivity index (χ0n) is 10.1. The van der Waals surface area contributed by atoms with E-state index in [1.54, 1.807) is 17.0 Å². The van der Waals surface area contributed by atoms with Gasteiger partial charge in [-0.2, -0.15) is 0 Å². The van der Waals surface area contributed by atoms with Crippen molar-refractivity contribution < 1.29 is 9.90 Å². The fourth-order valence-electron chi connectivity index (χ4n) is 2.46. The fourth-order valence-corrected chi connectivity index (χ4v) is 2.94. The molecule has 0 bridgehead atoms. The third-order valence-electron chi connectivity index (χ3n) is 3.46. The van der Waals surface area contributed by atoms with Crippen molar-refractivity contribution in [2.24, 2.45) is 5.73 Å². The second kappa shape index (κ2) is 4.51. The van der Waals surface area contributed by atoms with E-state index in [2.05, 4.69) is 15.9 Å². The fraction of sp³-hybridized carbons (Fsp3) is 0.214. The van der Waals surface area contributed by atoms with E-state index in [0.29, 0.717) is 13.0 Å². The van der Waals surface area contributed by atoms with Gasteiger partial charge in [-0.1, -0.05) is 15.9 Å². The largest absolute Gasteiger partial charge is 0.508 e. The maximum absolute atomic E-state index is 12.0. The lowest BCUT2D eigenvalue weighted by Crippen LogP contribution is -2.34. The molecule has 3 rings (SSSR count). The Labute approximate surface area is 118 Å². The highest BCUT2D eigenvalue weighted by Gasteiger charge is 2.30. The van der Waals surface area contributed by atoms with E-state index < -0.39 is 6.04 Å². The molecule has 0 saturated carbocycles. The predicted octanol–water partition coefficient (Wildman–Crippen LogP) is 2.37. The molecule has 1 fully saturated rings. The molecule has 1 amide bonds. The van der Waals surface area contributed by atoms with Crippen molar-refractivity contribution in [2.75, 3.05) is 11.4 Å². The van der Waals surface area contributed by atoms with Gasteiger partial charge in [0.1, 0.15) is 5.75 Å². The van der Waals surface area contributed by atoms with E-state index in [9.17, 15) is 9.90 Å². The van der Waals surface area contributed by atoms with Crippen LogP contribution in [0.15, 0.2) is 34.8 Å². The third kappa shape index (κ3) is 1.99. The van der Waals surface area contributed by atoms with Crippen LogP contribution in [-0.4, -0.2) is 23.6 Å². The van der Waals surface area contributed by atoms with Crippen molar-refractivity contribution in [3.63, 3.8) is 0 Å². The highest BCUT2D eigenvalue weighted by Crippen LogP contribution is 2.35. The summed E-state index contributed by atoms with van der Waals surface area (Å²) in [5, 5.41) is 11.5. The average Bonchev–Trinajstić information content (AvgIpc) is 2.71. The van der Waals surface area contributed by atoms with Crippen molar-refractivity contribution in [3.8, 4) is 5.75 Å². The first-order valence-electron chi connectivity index (χ1n) is 6.06. The van der Waals surface area contributed by atoms with Gasteiger partial charge < -0.3 is 15.7 Å². The van der Waals surface area contributed by atoms with E-state index >= 15 is 0 Å². The van der Waals surface area contributed by atoms with Gasteiger partial charge in [-0.25, -0.2) is 0 Å². The molecule has 4 nitrogen and oxygen atoms in total. The number of phenols is 1. The Kier molecular flexibility index (Phi) is 2.95. The SMILES string of the molecule is N[C@@H]1CCN(c2ccc(Br)c3ccc(O)cc23)C1=O. The number of fused-ring (bicyclic) bond motifs is 1. The summed E-state index contributed by atoms with van der Waals surface area (Å²) in [6.07, 6.45) is 0.662. The number of carbonyl (C=O) groups is 1. The molecule has 0 aliphatic carbocycles. The number of amides is 1. The quantitative estimate of drug-likeness (QED) is 0.847. The van der Waals surface area contributed by atoms with Crippen molar-refractivity contribution in [1.29, 1.82) is 0 Å². The van der Waals surface area contributed by atoms with Gasteiger partial charge in [-0.15, -0.1) is 0 Å². The Morgan fingerprint density at radius 2 is 2.05 bits per heavy atom. The minimum atomic E-state index is -0.420. The summed E-state index contributed by atoms with van der Waals surface area (Å²) in [7, 11) is 0. The van der Waals surface area contributed by atoms with Crippen LogP contribution in [0.25, 0.3) is 10.8 Å². The van der Waals surface area contributed by atoms with Gasteiger partial charge in [0.15, 0.2) is 0 Å². The zero-order chi connectivity index (χ0) is 13.6. The van der Waals surface area contributed by atoms with Crippen LogP contribution >= 0.6 is 15.9 Å². The van der Waals surface area contributed by atoms with E-state index in [-0.39, 0.29) is 11.7 Å². The summed E-state index contributed by atoms with van der Waals surface area (Å²) in [6, 6.07) is 8.50. The summed E-state index contributed by atoms with van der Waals surface area (Å²) < 4.78 is 0.933. The molecular weight excluding hydrogens is 308 g/mol. The van der Waals surface area contributed by atoms with Crippen LogP contribution in [0.2, 0.25) is 0 Å². The molecule has 1 aliphatic heterocycles. The van der Waals surface area contributed by atoms with E-state index in [1.807, 2.05) is 18.2 Å². The zero-order valence-corrected chi connectivity index (χ0v) is 11.7. The first-order valence-corrected chi connectivity index (χ1v) is 6.85. The number of hydrogen-bond donors (Lipinski definition) is 2. The standard InChI is InChI=1S/C14H13BrN2O2/c15-11-3-4-13(17-6-5-12(16)14(17)19)10-7-8(18)1-2-9(10)11/h1-4,7,12,18H,5-6,16H2/t12-/m1/s1. The number of anilines is 1. The number of carbonyl (C=O) groups excluding carboxylic acids is 1. The van der Waals surface area contributed by atoms with Crippen LogP contribution in [0.1, 0.15) is 6.42 Å². The molecule has 1 saturated heterocycles. The van der Waals surface area contributed by atoms with Gasteiger partial charge in [0.2, 0.25) is 5.91 Å². The second-order valence-electron chi connectivity index (χ2n) is 4.68. The number of halogens is 1. The molecule has 1 atom stereocenters. The molecule has 98 valence electrons. The van der Waals surface area contributed by atoms with E-state index in [1.165, 1.54) is 0 Å². The average molecular weight is 321 g/mol. The molecule has 0 spiro atoms. The van der Waals surface area contributed by atoms with Gasteiger partial charge in [0, 0.05) is 16.4 Å². The first kappa shape index (κ1) is 12.4. The second-order valence-corrected chi connectivity index (χ2v) is 5.54. The Morgan fingerprint density at radius 1 is 1.26 bits per heavy atom. The topological polar surface area (TPSA) is 66.6 Å². The molecular formula is C14H13BrN2O2. The van der Waals surface area contributed by atoms with Gasteiger partial charge in [0.25, 0.3) is 0 Å². The highest BCUT2D eigenvalue weighted by molar-refractivity contribution is 9.10. The lowest BCUT2D eigenvalue weighted by molar-refractivity contribution is -0.118. The van der Waals surface area contributed by atoms with Crippen molar-refractivity contribution in [2.45, 2.75) is 12.5 Å². The van der Waals surface area contributed by atoms with Crippen LogP contribution in [0.5, 0.6) is 5.75 Å². The van der Waals surface area contributed by atoms with Crippen LogP contribution in [-0.2, 0) is 4.79 Å². The summed E-state index contributed by atoms with van der Waals surface area (Å²) in [5.74, 6) is 0.120. The van der Waals surface area contributed by atoms with Crippen LogP contribution < -0.4 is 10.6 Å². The summed E-state index contributed by atoms with van der Waals surface area (Å²) in [6.45, 7) is 0.617. The molecule has 0 aromatic heterocycles. The number of phenolic OH excluding ortho intramolecular Hbond substituents is 1. The lowest BCUT2D eigenvalue weighted by Gasteiger charge is -2.19. The van der Waals surface area contributed by atoms with Crippen LogP contribution in [0.4, 0.5) is 5.69 Å². The number of aromatic hydroxyl groups is 1. The number of nitrogens with zero attached hydrogens (tertiary/aromatic N) is 1. The Balaban J connectivity index is 2.22. The van der Waals surface area contributed by atoms with Crippen molar-refractivity contribution >= 4 is 38.3 Å². The van der Waals surface area contributed by atoms with Crippen LogP contribution in [0.3, 0.4) is 0 Å². The molecule has 5 heteroatoms. The Hall–Kier alpha value is -1.59. The van der Waals surface area contributed by atoms with E-state index in [0.717, 1.165) is 20.9 Å². The molecule has 3 N–H and O–H groups in total. The molecule has 0 radical (unpaired) electrons. The van der Waals surface area contributed by atoms with Crippen molar-refractivity contribution in [3.05, 3.63) is 34.8 Å². The molecule has 2 aromatic rings. The monoisotopic (exact) mass is 320 g/mol. The molecule has 19 heavy (non-hydrogen) atoms. The summed E-state index contributed by atoms with van der Waals surface area (Å²) in [4.78, 5) is 13.7. The maximum Gasteiger partial charge on any atom is 0.243 e. The highest BCUT2D eigenvalue weighted by atomic mass is 79.9. The van der Waals surface area contributed by atoms with Crippen molar-refractivity contribution in [1.82, 2.24) is 0 Å². The molecule has 1 aliphatic rings. The normalized spacial score (nSPS) is 19.4. The van der Waals surface area contributed by atoms with Gasteiger partial charge in [0.05, 0.1) is 11.7 Å². The Morgan fingerprint density at radius 3 is 2.74 bits per heavy atom. The lowest BCUT2D eigenvalue weighted by atomic mass is 10.1. The number of hydrogen-bond acceptors (Lipinski definition) is 3. The van der Waals surface area contributed by atoms with Gasteiger partial charge >= 0.3 is 0 Å². The maximum atomic E-state index is 12.0. The van der Waals surface area contributed by atoms with Gasteiger partial charge in [-0.3, -0.25) is 4.79 Å².